The maximum Gasteiger partial charge on any atom is 0.146 e. The molecule has 1 rings (SSSR count). The molecule has 0 radical (unpaired) electrons. The lowest BCUT2D eigenvalue weighted by Crippen LogP contribution is -2.43. The molecule has 0 N–H and O–H groups in total. The van der Waals surface area contributed by atoms with E-state index in [2.05, 4.69) is 58.9 Å². The summed E-state index contributed by atoms with van der Waals surface area (Å²) in [4.78, 5) is 0. The van der Waals surface area contributed by atoms with Crippen molar-refractivity contribution >= 4 is 8.07 Å². The van der Waals surface area contributed by atoms with Crippen LogP contribution in [0, 0.1) is 23.8 Å². The number of terminal acetylenes is 1. The Labute approximate surface area is 126 Å². The van der Waals surface area contributed by atoms with Crippen LogP contribution in [0.3, 0.4) is 0 Å². The summed E-state index contributed by atoms with van der Waals surface area (Å²) >= 11 is 0. The molecular weight excluding hydrogens is 256 g/mol. The van der Waals surface area contributed by atoms with Gasteiger partial charge in [0.25, 0.3) is 0 Å². The van der Waals surface area contributed by atoms with Crippen molar-refractivity contribution < 1.29 is 0 Å². The SMILES string of the molecule is C#Cc1cccc(C#C[Si](C(C)C)(C(C)C)C(C)C)c1. The number of benzene rings is 1. The van der Waals surface area contributed by atoms with Crippen molar-refractivity contribution in [1.29, 1.82) is 0 Å². The van der Waals surface area contributed by atoms with E-state index in [9.17, 15) is 0 Å². The maximum absolute atomic E-state index is 5.46. The van der Waals surface area contributed by atoms with Crippen LogP contribution in [0.5, 0.6) is 0 Å². The monoisotopic (exact) mass is 282 g/mol. The van der Waals surface area contributed by atoms with Crippen molar-refractivity contribution in [2.45, 2.75) is 58.2 Å². The van der Waals surface area contributed by atoms with E-state index in [1.165, 1.54) is 0 Å². The zero-order valence-corrected chi connectivity index (χ0v) is 14.6. The predicted octanol–water partition coefficient (Wildman–Crippen LogP) is 5.24. The molecule has 0 heterocycles. The molecule has 0 saturated carbocycles. The van der Waals surface area contributed by atoms with Crippen molar-refractivity contribution in [3.8, 4) is 23.8 Å². The molecule has 0 bridgehead atoms. The fourth-order valence-corrected chi connectivity index (χ4v) is 8.53. The highest BCUT2D eigenvalue weighted by atomic mass is 28.3. The van der Waals surface area contributed by atoms with E-state index in [0.717, 1.165) is 11.1 Å². The fraction of sp³-hybridized carbons (Fsp3) is 0.474. The van der Waals surface area contributed by atoms with Crippen LogP contribution in [0.25, 0.3) is 0 Å². The molecule has 0 unspecified atom stereocenters. The molecule has 1 aromatic carbocycles. The summed E-state index contributed by atoms with van der Waals surface area (Å²) in [7, 11) is -1.65. The quantitative estimate of drug-likeness (QED) is 0.525. The van der Waals surface area contributed by atoms with E-state index in [4.69, 9.17) is 6.42 Å². The lowest BCUT2D eigenvalue weighted by atomic mass is 10.1. The third-order valence-electron chi connectivity index (χ3n) is 4.32. The summed E-state index contributed by atoms with van der Waals surface area (Å²) in [6, 6.07) is 7.99. The number of rotatable bonds is 3. The first-order valence-electron chi connectivity index (χ1n) is 7.44. The number of hydrogen-bond acceptors (Lipinski definition) is 0. The van der Waals surface area contributed by atoms with Gasteiger partial charge in [-0.25, -0.2) is 0 Å². The van der Waals surface area contributed by atoms with E-state index in [-0.39, 0.29) is 0 Å². The van der Waals surface area contributed by atoms with E-state index in [0.29, 0.717) is 16.6 Å². The van der Waals surface area contributed by atoms with Gasteiger partial charge >= 0.3 is 0 Å². The highest BCUT2D eigenvalue weighted by molar-refractivity contribution is 6.90. The highest BCUT2D eigenvalue weighted by Crippen LogP contribution is 2.40. The average molecular weight is 283 g/mol. The van der Waals surface area contributed by atoms with Gasteiger partial charge < -0.3 is 0 Å². The Kier molecular flexibility index (Phi) is 5.67. The Hall–Kier alpha value is -1.44. The predicted molar refractivity (Wildman–Crippen MR) is 92.3 cm³/mol. The molecule has 0 spiro atoms. The van der Waals surface area contributed by atoms with Crippen LogP contribution in [0.4, 0.5) is 0 Å². The molecule has 20 heavy (non-hydrogen) atoms. The first-order chi connectivity index (χ1) is 9.34. The van der Waals surface area contributed by atoms with Crippen LogP contribution in [-0.4, -0.2) is 8.07 Å². The van der Waals surface area contributed by atoms with Gasteiger partial charge in [-0.3, -0.25) is 0 Å². The van der Waals surface area contributed by atoms with E-state index in [1.807, 2.05) is 24.3 Å². The zero-order valence-electron chi connectivity index (χ0n) is 13.6. The molecule has 0 atom stereocenters. The van der Waals surface area contributed by atoms with Gasteiger partial charge in [-0.05, 0) is 34.8 Å². The van der Waals surface area contributed by atoms with Gasteiger partial charge in [0.15, 0.2) is 0 Å². The summed E-state index contributed by atoms with van der Waals surface area (Å²) in [5.41, 5.74) is 7.64. The first kappa shape index (κ1) is 16.6. The molecular formula is C19H26Si. The van der Waals surface area contributed by atoms with Gasteiger partial charge in [-0.15, -0.1) is 12.0 Å². The minimum Gasteiger partial charge on any atom is -0.125 e. The minimum absolute atomic E-state index is 0.658. The van der Waals surface area contributed by atoms with Crippen LogP contribution in [0.1, 0.15) is 52.7 Å². The summed E-state index contributed by atoms with van der Waals surface area (Å²) in [5, 5.41) is 0. The lowest BCUT2D eigenvalue weighted by molar-refractivity contribution is 0.838. The Bertz CT molecular complexity index is 525. The van der Waals surface area contributed by atoms with Crippen molar-refractivity contribution in [3.63, 3.8) is 0 Å². The van der Waals surface area contributed by atoms with Crippen molar-refractivity contribution in [1.82, 2.24) is 0 Å². The van der Waals surface area contributed by atoms with Crippen LogP contribution in [-0.2, 0) is 0 Å². The van der Waals surface area contributed by atoms with Crippen molar-refractivity contribution in [2.24, 2.45) is 0 Å². The number of hydrogen-bond donors (Lipinski definition) is 0. The second-order valence-corrected chi connectivity index (χ2v) is 12.0. The van der Waals surface area contributed by atoms with Gasteiger partial charge in [0.05, 0.1) is 0 Å². The fourth-order valence-electron chi connectivity index (χ4n) is 3.30. The van der Waals surface area contributed by atoms with E-state index in [1.54, 1.807) is 0 Å². The van der Waals surface area contributed by atoms with Gasteiger partial charge in [0.2, 0.25) is 0 Å². The molecule has 0 fully saturated rings. The van der Waals surface area contributed by atoms with Crippen molar-refractivity contribution in [3.05, 3.63) is 35.4 Å². The molecule has 1 heteroatoms. The topological polar surface area (TPSA) is 0 Å². The lowest BCUT2D eigenvalue weighted by Gasteiger charge is -2.38. The molecule has 0 aliphatic heterocycles. The molecule has 0 saturated heterocycles. The Balaban J connectivity index is 3.27. The van der Waals surface area contributed by atoms with Crippen molar-refractivity contribution in [2.75, 3.05) is 0 Å². The largest absolute Gasteiger partial charge is 0.146 e. The molecule has 106 valence electrons. The minimum atomic E-state index is -1.65. The van der Waals surface area contributed by atoms with Gasteiger partial charge in [0.1, 0.15) is 8.07 Å². The molecule has 0 aliphatic carbocycles. The summed E-state index contributed by atoms with van der Waals surface area (Å²) in [5.74, 6) is 6.10. The summed E-state index contributed by atoms with van der Waals surface area (Å²) < 4.78 is 0. The van der Waals surface area contributed by atoms with Crippen LogP contribution in [0.15, 0.2) is 24.3 Å². The maximum atomic E-state index is 5.46. The third kappa shape index (κ3) is 3.36. The normalized spacial score (nSPS) is 11.4. The summed E-state index contributed by atoms with van der Waals surface area (Å²) in [6.07, 6.45) is 5.46. The molecule has 0 aromatic heterocycles. The van der Waals surface area contributed by atoms with E-state index < -0.39 is 8.07 Å². The van der Waals surface area contributed by atoms with Crippen LogP contribution in [0.2, 0.25) is 16.6 Å². The first-order valence-corrected chi connectivity index (χ1v) is 9.67. The average Bonchev–Trinajstić information content (AvgIpc) is 2.38. The van der Waals surface area contributed by atoms with Crippen LogP contribution >= 0.6 is 0 Å². The molecule has 0 amide bonds. The highest BCUT2D eigenvalue weighted by Gasteiger charge is 2.41. The standard InChI is InChI=1S/C19H26Si/c1-8-18-10-9-11-19(14-18)12-13-20(15(2)3,16(4)5)17(6)7/h1,9-11,14-17H,2-7H3. The van der Waals surface area contributed by atoms with E-state index >= 15 is 0 Å². The molecule has 1 aromatic rings. The summed E-state index contributed by atoms with van der Waals surface area (Å²) in [6.45, 7) is 14.0. The Morgan fingerprint density at radius 3 is 1.85 bits per heavy atom. The van der Waals surface area contributed by atoms with Gasteiger partial charge in [-0.2, -0.15) is 0 Å². The second kappa shape index (κ2) is 6.82. The van der Waals surface area contributed by atoms with Gasteiger partial charge in [-0.1, -0.05) is 59.4 Å². The molecule has 0 aliphatic rings. The third-order valence-corrected chi connectivity index (χ3v) is 10.6. The molecule has 0 nitrogen and oxygen atoms in total. The Morgan fingerprint density at radius 1 is 0.900 bits per heavy atom. The van der Waals surface area contributed by atoms with Crippen LogP contribution < -0.4 is 0 Å². The zero-order chi connectivity index (χ0) is 15.3. The van der Waals surface area contributed by atoms with Gasteiger partial charge in [0, 0.05) is 11.1 Å². The smallest absolute Gasteiger partial charge is 0.125 e. The Morgan fingerprint density at radius 2 is 1.40 bits per heavy atom. The second-order valence-electron chi connectivity index (χ2n) is 6.37.